The number of nitrogens with zero attached hydrogens (tertiary/aromatic N) is 1. The molecule has 0 spiro atoms. The van der Waals surface area contributed by atoms with Gasteiger partial charge >= 0.3 is 0 Å². The van der Waals surface area contributed by atoms with Crippen LogP contribution >= 0.6 is 27.3 Å². The Morgan fingerprint density at radius 1 is 1.19 bits per heavy atom. The molecule has 0 unspecified atom stereocenters. The molecule has 0 aliphatic carbocycles. The largest absolute Gasteiger partial charge is 0.310 e. The predicted molar refractivity (Wildman–Crippen MR) is 91.9 cm³/mol. The topological polar surface area (TPSA) is 34.0 Å². The highest BCUT2D eigenvalue weighted by atomic mass is 79.9. The van der Waals surface area contributed by atoms with E-state index >= 15 is 0 Å². The third-order valence-corrected chi connectivity index (χ3v) is 5.03. The van der Waals surface area contributed by atoms with Gasteiger partial charge in [0.15, 0.2) is 0 Å². The van der Waals surface area contributed by atoms with E-state index in [4.69, 9.17) is 0 Å². The number of para-hydroxylation sites is 1. The van der Waals surface area contributed by atoms with Gasteiger partial charge in [0.05, 0.1) is 5.52 Å². The van der Waals surface area contributed by atoms with Gasteiger partial charge in [-0.05, 0) is 39.5 Å². The van der Waals surface area contributed by atoms with Crippen molar-refractivity contribution in [1.82, 2.24) is 9.88 Å². The van der Waals surface area contributed by atoms with E-state index in [0.717, 1.165) is 28.5 Å². The molecule has 0 bridgehead atoms. The number of rotatable bonds is 5. The smallest absolute Gasteiger partial charge is 0.251 e. The lowest BCUT2D eigenvalue weighted by atomic mass is 10.2. The lowest BCUT2D eigenvalue weighted by molar-refractivity contribution is 0.601. The van der Waals surface area contributed by atoms with Gasteiger partial charge in [0.1, 0.15) is 0 Å². The number of thiophene rings is 1. The third kappa shape index (κ3) is 3.43. The number of nitrogens with one attached hydrogen (secondary N) is 1. The first-order valence-electron chi connectivity index (χ1n) is 6.76. The molecule has 2 heterocycles. The molecular formula is C16H15BrN2OS. The molecule has 5 heteroatoms. The third-order valence-electron chi connectivity index (χ3n) is 3.33. The maximum atomic E-state index is 12.0. The molecule has 0 amide bonds. The van der Waals surface area contributed by atoms with Gasteiger partial charge in [0.2, 0.25) is 0 Å². The zero-order valence-electron chi connectivity index (χ0n) is 11.4. The molecule has 3 nitrogen and oxygen atoms in total. The van der Waals surface area contributed by atoms with Gasteiger partial charge in [0.25, 0.3) is 5.56 Å². The van der Waals surface area contributed by atoms with Crippen molar-refractivity contribution in [2.75, 3.05) is 6.54 Å². The van der Waals surface area contributed by atoms with Crippen molar-refractivity contribution in [2.24, 2.45) is 0 Å². The molecular weight excluding hydrogens is 348 g/mol. The summed E-state index contributed by atoms with van der Waals surface area (Å²) in [6.45, 7) is 2.27. The van der Waals surface area contributed by atoms with Gasteiger partial charge in [-0.1, -0.05) is 18.2 Å². The highest BCUT2D eigenvalue weighted by Crippen LogP contribution is 2.19. The van der Waals surface area contributed by atoms with Crippen LogP contribution in [0.1, 0.15) is 4.88 Å². The Bertz CT molecular complexity index is 809. The van der Waals surface area contributed by atoms with Crippen LogP contribution in [0.15, 0.2) is 57.1 Å². The van der Waals surface area contributed by atoms with Crippen LogP contribution in [0.3, 0.4) is 0 Å². The Hall–Kier alpha value is -1.43. The first kappa shape index (κ1) is 14.5. The maximum Gasteiger partial charge on any atom is 0.251 e. The molecule has 0 saturated heterocycles. The average Bonchev–Trinajstić information content (AvgIpc) is 2.91. The van der Waals surface area contributed by atoms with Crippen molar-refractivity contribution in [3.63, 3.8) is 0 Å². The minimum atomic E-state index is 0.0503. The molecule has 0 aliphatic heterocycles. The van der Waals surface area contributed by atoms with Crippen molar-refractivity contribution in [3.05, 3.63) is 67.5 Å². The summed E-state index contributed by atoms with van der Waals surface area (Å²) in [6.07, 6.45) is 0. The summed E-state index contributed by atoms with van der Waals surface area (Å²) in [5.41, 5.74) is 1.04. The van der Waals surface area contributed by atoms with Gasteiger partial charge < -0.3 is 9.88 Å². The zero-order chi connectivity index (χ0) is 14.7. The van der Waals surface area contributed by atoms with E-state index in [9.17, 15) is 4.79 Å². The van der Waals surface area contributed by atoms with Crippen molar-refractivity contribution in [1.29, 1.82) is 0 Å². The van der Waals surface area contributed by atoms with Crippen LogP contribution in [0.2, 0.25) is 0 Å². The summed E-state index contributed by atoms with van der Waals surface area (Å²) in [4.78, 5) is 13.3. The van der Waals surface area contributed by atoms with E-state index in [0.29, 0.717) is 6.54 Å². The molecule has 0 radical (unpaired) electrons. The quantitative estimate of drug-likeness (QED) is 0.703. The van der Waals surface area contributed by atoms with Gasteiger partial charge in [-0.15, -0.1) is 11.3 Å². The molecule has 1 N–H and O–H groups in total. The minimum absolute atomic E-state index is 0.0503. The van der Waals surface area contributed by atoms with E-state index in [2.05, 4.69) is 32.7 Å². The number of aromatic nitrogens is 1. The standard InChI is InChI=1S/C16H15BrN2OS/c17-13-9-14(21-11-13)10-18-7-8-19-15-4-2-1-3-12(15)5-6-16(19)20/h1-6,9,11,18H,7-8,10H2. The Labute approximate surface area is 135 Å². The number of fused-ring (bicyclic) bond motifs is 1. The highest BCUT2D eigenvalue weighted by Gasteiger charge is 2.02. The number of halogens is 1. The lowest BCUT2D eigenvalue weighted by Crippen LogP contribution is -2.26. The second-order valence-corrected chi connectivity index (χ2v) is 6.70. The van der Waals surface area contributed by atoms with Gasteiger partial charge in [-0.25, -0.2) is 0 Å². The average molecular weight is 363 g/mol. The molecule has 0 atom stereocenters. The van der Waals surface area contributed by atoms with Gasteiger partial charge in [-0.2, -0.15) is 0 Å². The fourth-order valence-electron chi connectivity index (χ4n) is 2.32. The first-order valence-corrected chi connectivity index (χ1v) is 8.43. The van der Waals surface area contributed by atoms with Crippen LogP contribution in [-0.2, 0) is 13.1 Å². The van der Waals surface area contributed by atoms with Crippen LogP contribution in [-0.4, -0.2) is 11.1 Å². The molecule has 0 fully saturated rings. The van der Waals surface area contributed by atoms with Crippen molar-refractivity contribution in [2.45, 2.75) is 13.1 Å². The molecule has 3 aromatic rings. The second-order valence-electron chi connectivity index (χ2n) is 4.79. The SMILES string of the molecule is O=c1ccc2ccccc2n1CCNCc1cc(Br)cs1. The normalized spacial score (nSPS) is 11.1. The van der Waals surface area contributed by atoms with Crippen LogP contribution in [0.25, 0.3) is 10.9 Å². The predicted octanol–water partition coefficient (Wildman–Crippen LogP) is 3.62. The van der Waals surface area contributed by atoms with Crippen LogP contribution in [0, 0.1) is 0 Å². The van der Waals surface area contributed by atoms with Crippen LogP contribution < -0.4 is 10.9 Å². The summed E-state index contributed by atoms with van der Waals surface area (Å²) < 4.78 is 2.95. The van der Waals surface area contributed by atoms with E-state index in [1.165, 1.54) is 4.88 Å². The summed E-state index contributed by atoms with van der Waals surface area (Å²) in [5.74, 6) is 0. The molecule has 1 aromatic carbocycles. The Balaban J connectivity index is 1.68. The number of benzene rings is 1. The second kappa shape index (κ2) is 6.56. The number of hydrogen-bond donors (Lipinski definition) is 1. The highest BCUT2D eigenvalue weighted by molar-refractivity contribution is 9.10. The number of hydrogen-bond acceptors (Lipinski definition) is 3. The molecule has 0 aliphatic rings. The Morgan fingerprint density at radius 2 is 2.05 bits per heavy atom. The Morgan fingerprint density at radius 3 is 2.86 bits per heavy atom. The summed E-state index contributed by atoms with van der Waals surface area (Å²) in [5, 5.41) is 6.56. The molecule has 108 valence electrons. The molecule has 3 rings (SSSR count). The van der Waals surface area contributed by atoms with E-state index < -0.39 is 0 Å². The van der Waals surface area contributed by atoms with E-state index in [-0.39, 0.29) is 5.56 Å². The lowest BCUT2D eigenvalue weighted by Gasteiger charge is -2.10. The van der Waals surface area contributed by atoms with Gasteiger partial charge in [-0.3, -0.25) is 4.79 Å². The molecule has 0 saturated carbocycles. The van der Waals surface area contributed by atoms with Gasteiger partial charge in [0, 0.05) is 40.4 Å². The summed E-state index contributed by atoms with van der Waals surface area (Å²) in [7, 11) is 0. The zero-order valence-corrected chi connectivity index (χ0v) is 13.8. The van der Waals surface area contributed by atoms with Crippen LogP contribution in [0.5, 0.6) is 0 Å². The van der Waals surface area contributed by atoms with Crippen molar-refractivity contribution >= 4 is 38.2 Å². The Kier molecular flexibility index (Phi) is 4.53. The molecule has 21 heavy (non-hydrogen) atoms. The van der Waals surface area contributed by atoms with Crippen molar-refractivity contribution < 1.29 is 0 Å². The van der Waals surface area contributed by atoms with Crippen molar-refractivity contribution in [3.8, 4) is 0 Å². The fourth-order valence-corrected chi connectivity index (χ4v) is 3.74. The fraction of sp³-hybridized carbons (Fsp3) is 0.188. The number of pyridine rings is 1. The minimum Gasteiger partial charge on any atom is -0.310 e. The van der Waals surface area contributed by atoms with E-state index in [1.54, 1.807) is 17.4 Å². The monoisotopic (exact) mass is 362 g/mol. The van der Waals surface area contributed by atoms with Crippen LogP contribution in [0.4, 0.5) is 0 Å². The summed E-state index contributed by atoms with van der Waals surface area (Å²) in [6, 6.07) is 13.6. The maximum absolute atomic E-state index is 12.0. The first-order chi connectivity index (χ1) is 10.2. The molecule has 2 aromatic heterocycles. The van der Waals surface area contributed by atoms with E-state index in [1.807, 2.05) is 34.9 Å². The summed E-state index contributed by atoms with van der Waals surface area (Å²) >= 11 is 5.18.